The van der Waals surface area contributed by atoms with E-state index in [2.05, 4.69) is 26.6 Å². The fourth-order valence-corrected chi connectivity index (χ4v) is 3.36. The lowest BCUT2D eigenvalue weighted by molar-refractivity contribution is -0.384. The molecular weight excluding hydrogens is 488 g/mol. The molecule has 0 bridgehead atoms. The zero-order valence-electron chi connectivity index (χ0n) is 17.9. The van der Waals surface area contributed by atoms with Gasteiger partial charge in [-0.1, -0.05) is 24.3 Å². The zero-order valence-corrected chi connectivity index (χ0v) is 19.5. The molecule has 33 heavy (non-hydrogen) atoms. The molecule has 2 N–H and O–H groups in total. The number of nitrogens with one attached hydrogen (secondary N) is 2. The number of halogens is 1. The van der Waals surface area contributed by atoms with Crippen LogP contribution in [0, 0.1) is 10.1 Å². The third-order valence-electron chi connectivity index (χ3n) is 4.67. The molecule has 0 saturated carbocycles. The normalized spacial score (nSPS) is 10.9. The van der Waals surface area contributed by atoms with Crippen molar-refractivity contribution in [2.24, 2.45) is 0 Å². The number of non-ortho nitro benzene ring substituents is 1. The number of nitro benzene ring substituents is 1. The van der Waals surface area contributed by atoms with Crippen LogP contribution in [0.2, 0.25) is 0 Å². The maximum absolute atomic E-state index is 13.0. The highest BCUT2D eigenvalue weighted by Gasteiger charge is 2.17. The molecular formula is C24H21BrN4O4. The second-order valence-corrected chi connectivity index (χ2v) is 8.09. The maximum Gasteiger partial charge on any atom is 0.272 e. The molecule has 0 aromatic heterocycles. The second kappa shape index (κ2) is 10.6. The summed E-state index contributed by atoms with van der Waals surface area (Å²) in [4.78, 5) is 38.1. The van der Waals surface area contributed by atoms with Crippen molar-refractivity contribution >= 4 is 50.9 Å². The Morgan fingerprint density at radius 1 is 0.970 bits per heavy atom. The molecule has 0 fully saturated rings. The van der Waals surface area contributed by atoms with E-state index < -0.39 is 16.7 Å². The van der Waals surface area contributed by atoms with E-state index in [9.17, 15) is 19.7 Å². The first-order valence-electron chi connectivity index (χ1n) is 9.85. The van der Waals surface area contributed by atoms with Crippen LogP contribution in [-0.4, -0.2) is 30.8 Å². The molecule has 0 atom stereocenters. The standard InChI is InChI=1S/C24H21BrN4O4/c1-28(2)18-11-7-16(8-12-18)15-22(27-23(30)20-5-3-4-6-21(20)25)24(31)26-17-9-13-19(14-10-17)29(32)33/h3-15H,1-2H3,(H,26,31)(H,27,30). The van der Waals surface area contributed by atoms with Crippen molar-refractivity contribution in [3.8, 4) is 0 Å². The van der Waals surface area contributed by atoms with Crippen molar-refractivity contribution in [2.45, 2.75) is 0 Å². The molecule has 168 valence electrons. The lowest BCUT2D eigenvalue weighted by atomic mass is 10.1. The highest BCUT2D eigenvalue weighted by Crippen LogP contribution is 2.19. The Morgan fingerprint density at radius 3 is 2.18 bits per heavy atom. The molecule has 3 aromatic rings. The lowest BCUT2D eigenvalue weighted by Crippen LogP contribution is -2.31. The van der Waals surface area contributed by atoms with Crippen molar-refractivity contribution in [1.29, 1.82) is 0 Å². The molecule has 3 rings (SSSR count). The first-order chi connectivity index (χ1) is 15.7. The molecule has 0 aliphatic heterocycles. The van der Waals surface area contributed by atoms with Crippen molar-refractivity contribution in [3.63, 3.8) is 0 Å². The van der Waals surface area contributed by atoms with Crippen LogP contribution in [0.1, 0.15) is 15.9 Å². The zero-order chi connectivity index (χ0) is 24.0. The van der Waals surface area contributed by atoms with E-state index in [1.807, 2.05) is 43.3 Å². The van der Waals surface area contributed by atoms with Crippen LogP contribution in [-0.2, 0) is 4.79 Å². The van der Waals surface area contributed by atoms with Gasteiger partial charge in [0, 0.05) is 42.1 Å². The Bertz CT molecular complexity index is 1210. The van der Waals surface area contributed by atoms with E-state index in [1.165, 1.54) is 24.3 Å². The maximum atomic E-state index is 13.0. The molecule has 8 nitrogen and oxygen atoms in total. The predicted molar refractivity (Wildman–Crippen MR) is 132 cm³/mol. The van der Waals surface area contributed by atoms with Gasteiger partial charge in [0.1, 0.15) is 5.70 Å². The van der Waals surface area contributed by atoms with Gasteiger partial charge in [-0.2, -0.15) is 0 Å². The number of nitro groups is 1. The fourth-order valence-electron chi connectivity index (χ4n) is 2.89. The molecule has 9 heteroatoms. The SMILES string of the molecule is CN(C)c1ccc(C=C(NC(=O)c2ccccc2Br)C(=O)Nc2ccc([N+](=O)[O-])cc2)cc1. The Morgan fingerprint density at radius 2 is 1.61 bits per heavy atom. The van der Waals surface area contributed by atoms with Crippen molar-refractivity contribution in [1.82, 2.24) is 5.32 Å². The van der Waals surface area contributed by atoms with Gasteiger partial charge >= 0.3 is 0 Å². The summed E-state index contributed by atoms with van der Waals surface area (Å²) in [6, 6.07) is 19.8. The Hall–Kier alpha value is -3.98. The number of nitrogens with zero attached hydrogens (tertiary/aromatic N) is 2. The van der Waals surface area contributed by atoms with Crippen LogP contribution >= 0.6 is 15.9 Å². The van der Waals surface area contributed by atoms with Crippen LogP contribution in [0.25, 0.3) is 6.08 Å². The molecule has 0 unspecified atom stereocenters. The molecule has 0 aliphatic rings. The monoisotopic (exact) mass is 508 g/mol. The molecule has 0 spiro atoms. The van der Waals surface area contributed by atoms with E-state index in [0.29, 0.717) is 21.3 Å². The van der Waals surface area contributed by atoms with Gasteiger partial charge in [-0.3, -0.25) is 19.7 Å². The van der Waals surface area contributed by atoms with E-state index in [-0.39, 0.29) is 11.4 Å². The number of carbonyl (C=O) groups is 2. The summed E-state index contributed by atoms with van der Waals surface area (Å²) in [5.41, 5.74) is 2.35. The predicted octanol–water partition coefficient (Wildman–Crippen LogP) is 4.83. The average molecular weight is 509 g/mol. The summed E-state index contributed by atoms with van der Waals surface area (Å²) >= 11 is 3.34. The Kier molecular flexibility index (Phi) is 7.57. The number of carbonyl (C=O) groups excluding carboxylic acids is 2. The topological polar surface area (TPSA) is 105 Å². The molecule has 0 aliphatic carbocycles. The Balaban J connectivity index is 1.89. The highest BCUT2D eigenvalue weighted by molar-refractivity contribution is 9.10. The number of hydrogen-bond donors (Lipinski definition) is 2. The molecule has 0 radical (unpaired) electrons. The third-order valence-corrected chi connectivity index (χ3v) is 5.36. The van der Waals surface area contributed by atoms with E-state index >= 15 is 0 Å². The van der Waals surface area contributed by atoms with E-state index in [4.69, 9.17) is 0 Å². The Labute approximate surface area is 199 Å². The summed E-state index contributed by atoms with van der Waals surface area (Å²) in [5.74, 6) is -1.03. The number of rotatable bonds is 7. The van der Waals surface area contributed by atoms with Gasteiger partial charge < -0.3 is 15.5 Å². The van der Waals surface area contributed by atoms with Gasteiger partial charge in [0.05, 0.1) is 10.5 Å². The summed E-state index contributed by atoms with van der Waals surface area (Å²) < 4.78 is 0.591. The number of amides is 2. The minimum atomic E-state index is -0.569. The number of anilines is 2. The third kappa shape index (κ3) is 6.27. The minimum absolute atomic E-state index is 0.0201. The summed E-state index contributed by atoms with van der Waals surface area (Å²) in [7, 11) is 3.84. The molecule has 2 amide bonds. The first kappa shape index (κ1) is 23.7. The summed E-state index contributed by atoms with van der Waals surface area (Å²) in [6.45, 7) is 0. The molecule has 3 aromatic carbocycles. The fraction of sp³-hybridized carbons (Fsp3) is 0.0833. The van der Waals surface area contributed by atoms with E-state index in [0.717, 1.165) is 5.69 Å². The lowest BCUT2D eigenvalue weighted by Gasteiger charge is -2.13. The molecule has 0 saturated heterocycles. The van der Waals surface area contributed by atoms with Gasteiger partial charge in [-0.25, -0.2) is 0 Å². The van der Waals surface area contributed by atoms with Crippen LogP contribution in [0.4, 0.5) is 17.1 Å². The van der Waals surface area contributed by atoms with Crippen molar-refractivity contribution < 1.29 is 14.5 Å². The van der Waals surface area contributed by atoms with Crippen LogP contribution in [0.5, 0.6) is 0 Å². The van der Waals surface area contributed by atoms with Gasteiger partial charge in [0.2, 0.25) is 0 Å². The first-order valence-corrected chi connectivity index (χ1v) is 10.6. The number of hydrogen-bond acceptors (Lipinski definition) is 5. The number of benzene rings is 3. The smallest absolute Gasteiger partial charge is 0.272 e. The second-order valence-electron chi connectivity index (χ2n) is 7.24. The summed E-state index contributed by atoms with van der Waals surface area (Å²) in [6.07, 6.45) is 1.56. The van der Waals surface area contributed by atoms with Crippen molar-refractivity contribution in [3.05, 3.63) is 104 Å². The molecule has 0 heterocycles. The van der Waals surface area contributed by atoms with Crippen LogP contribution in [0.15, 0.2) is 83.0 Å². The van der Waals surface area contributed by atoms with E-state index in [1.54, 1.807) is 30.3 Å². The largest absolute Gasteiger partial charge is 0.378 e. The van der Waals surface area contributed by atoms with Gasteiger partial charge in [-0.15, -0.1) is 0 Å². The quantitative estimate of drug-likeness (QED) is 0.270. The van der Waals surface area contributed by atoms with Crippen LogP contribution < -0.4 is 15.5 Å². The van der Waals surface area contributed by atoms with Crippen LogP contribution in [0.3, 0.4) is 0 Å². The van der Waals surface area contributed by atoms with Gasteiger partial charge in [0.25, 0.3) is 17.5 Å². The van der Waals surface area contributed by atoms with Crippen molar-refractivity contribution in [2.75, 3.05) is 24.3 Å². The summed E-state index contributed by atoms with van der Waals surface area (Å²) in [5, 5.41) is 16.2. The van der Waals surface area contributed by atoms with Gasteiger partial charge in [-0.05, 0) is 64.0 Å². The highest BCUT2D eigenvalue weighted by atomic mass is 79.9. The minimum Gasteiger partial charge on any atom is -0.378 e. The van der Waals surface area contributed by atoms with Gasteiger partial charge in [0.15, 0.2) is 0 Å². The average Bonchev–Trinajstić information content (AvgIpc) is 2.79.